The molecule has 1 heterocycles. The van der Waals surface area contributed by atoms with Crippen LogP contribution >= 0.6 is 11.3 Å². The van der Waals surface area contributed by atoms with Crippen molar-refractivity contribution in [2.45, 2.75) is 33.6 Å². The molecule has 2 N–H and O–H groups in total. The first-order valence-electron chi connectivity index (χ1n) is 7.11. The molecule has 0 unspecified atom stereocenters. The molecule has 1 rings (SSSR count). The van der Waals surface area contributed by atoms with Gasteiger partial charge >= 0.3 is 5.97 Å². The summed E-state index contributed by atoms with van der Waals surface area (Å²) in [7, 11) is 0. The Morgan fingerprint density at radius 3 is 2.86 bits per heavy atom. The number of ether oxygens (including phenoxy) is 1. The zero-order valence-corrected chi connectivity index (χ0v) is 13.6. The molecule has 118 valence electrons. The number of esters is 1. The van der Waals surface area contributed by atoms with Crippen molar-refractivity contribution in [3.8, 4) is 0 Å². The maximum atomic E-state index is 11.5. The molecule has 0 radical (unpaired) electrons. The molecule has 0 aromatic carbocycles. The van der Waals surface area contributed by atoms with Gasteiger partial charge in [0.25, 0.3) is 0 Å². The first-order valence-corrected chi connectivity index (χ1v) is 7.99. The van der Waals surface area contributed by atoms with E-state index >= 15 is 0 Å². The van der Waals surface area contributed by atoms with Crippen LogP contribution in [-0.4, -0.2) is 36.6 Å². The van der Waals surface area contributed by atoms with Crippen molar-refractivity contribution < 1.29 is 14.3 Å². The molecular formula is C14H23N3O3S. The third-order valence-corrected chi connectivity index (χ3v) is 3.37. The number of hydrogen-bond acceptors (Lipinski definition) is 6. The van der Waals surface area contributed by atoms with Gasteiger partial charge in [0.15, 0.2) is 5.13 Å². The van der Waals surface area contributed by atoms with Crippen molar-refractivity contribution in [2.75, 3.05) is 25.0 Å². The lowest BCUT2D eigenvalue weighted by atomic mass is 10.2. The Labute approximate surface area is 129 Å². The maximum absolute atomic E-state index is 11.5. The van der Waals surface area contributed by atoms with Crippen molar-refractivity contribution in [3.63, 3.8) is 0 Å². The number of rotatable bonds is 9. The summed E-state index contributed by atoms with van der Waals surface area (Å²) in [5.41, 5.74) is 0.685. The van der Waals surface area contributed by atoms with Crippen LogP contribution in [0.1, 0.15) is 32.9 Å². The normalized spacial score (nSPS) is 10.5. The molecule has 0 aliphatic heterocycles. The van der Waals surface area contributed by atoms with E-state index in [4.69, 9.17) is 4.74 Å². The van der Waals surface area contributed by atoms with Gasteiger partial charge in [0, 0.05) is 24.9 Å². The van der Waals surface area contributed by atoms with Crippen LogP contribution in [0.3, 0.4) is 0 Å². The van der Waals surface area contributed by atoms with E-state index in [0.29, 0.717) is 42.9 Å². The standard InChI is InChI=1S/C14H23N3O3S/c1-4-20-13(19)7-11-9-21-14(17-11)15-6-5-12(18)16-8-10(2)3/h9-10H,4-8H2,1-3H3,(H,15,17)(H,16,18). The highest BCUT2D eigenvalue weighted by atomic mass is 32.1. The summed E-state index contributed by atoms with van der Waals surface area (Å²) in [6, 6.07) is 0. The van der Waals surface area contributed by atoms with Gasteiger partial charge < -0.3 is 15.4 Å². The smallest absolute Gasteiger partial charge is 0.311 e. The highest BCUT2D eigenvalue weighted by Crippen LogP contribution is 2.15. The van der Waals surface area contributed by atoms with Gasteiger partial charge in [-0.1, -0.05) is 13.8 Å². The van der Waals surface area contributed by atoms with Crippen molar-refractivity contribution in [1.29, 1.82) is 0 Å². The zero-order valence-electron chi connectivity index (χ0n) is 12.8. The molecule has 0 saturated carbocycles. The van der Waals surface area contributed by atoms with Gasteiger partial charge in [0.2, 0.25) is 5.91 Å². The van der Waals surface area contributed by atoms with Crippen LogP contribution < -0.4 is 10.6 Å². The van der Waals surface area contributed by atoms with Crippen LogP contribution in [0, 0.1) is 5.92 Å². The highest BCUT2D eigenvalue weighted by Gasteiger charge is 2.08. The van der Waals surface area contributed by atoms with Gasteiger partial charge in [-0.15, -0.1) is 11.3 Å². The number of carbonyl (C=O) groups excluding carboxylic acids is 2. The second kappa shape index (κ2) is 9.33. The first-order chi connectivity index (χ1) is 10.0. The van der Waals surface area contributed by atoms with E-state index in [1.165, 1.54) is 11.3 Å². The number of nitrogens with zero attached hydrogens (tertiary/aromatic N) is 1. The monoisotopic (exact) mass is 313 g/mol. The molecule has 1 aromatic rings. The molecule has 0 spiro atoms. The molecule has 0 aliphatic carbocycles. The van der Waals surface area contributed by atoms with Crippen LogP contribution in [0.2, 0.25) is 0 Å². The molecule has 0 saturated heterocycles. The lowest BCUT2D eigenvalue weighted by Gasteiger charge is -2.07. The zero-order chi connectivity index (χ0) is 15.7. The average Bonchev–Trinajstić information content (AvgIpc) is 2.84. The molecule has 7 heteroatoms. The predicted molar refractivity (Wildman–Crippen MR) is 83.4 cm³/mol. The number of thiazole rings is 1. The topological polar surface area (TPSA) is 80.3 Å². The second-order valence-corrected chi connectivity index (χ2v) is 5.86. The fraction of sp³-hybridized carbons (Fsp3) is 0.643. The maximum Gasteiger partial charge on any atom is 0.311 e. The molecule has 1 aromatic heterocycles. The Morgan fingerprint density at radius 2 is 2.19 bits per heavy atom. The molecular weight excluding hydrogens is 290 g/mol. The van der Waals surface area contributed by atoms with E-state index in [9.17, 15) is 9.59 Å². The molecule has 0 fully saturated rings. The quantitative estimate of drug-likeness (QED) is 0.680. The third kappa shape index (κ3) is 7.65. The van der Waals surface area contributed by atoms with E-state index in [0.717, 1.165) is 0 Å². The predicted octanol–water partition coefficient (Wildman–Crippen LogP) is 1.82. The Balaban J connectivity index is 2.25. The average molecular weight is 313 g/mol. The van der Waals surface area contributed by atoms with Crippen LogP contribution in [0.15, 0.2) is 5.38 Å². The van der Waals surface area contributed by atoms with E-state index in [-0.39, 0.29) is 18.3 Å². The Kier molecular flexibility index (Phi) is 7.74. The van der Waals surface area contributed by atoms with Crippen LogP contribution in [0.25, 0.3) is 0 Å². The summed E-state index contributed by atoms with van der Waals surface area (Å²) in [4.78, 5) is 27.1. The van der Waals surface area contributed by atoms with Crippen molar-refractivity contribution >= 4 is 28.3 Å². The molecule has 0 bridgehead atoms. The summed E-state index contributed by atoms with van der Waals surface area (Å²) in [6.45, 7) is 7.48. The van der Waals surface area contributed by atoms with Gasteiger partial charge in [-0.05, 0) is 12.8 Å². The summed E-state index contributed by atoms with van der Waals surface area (Å²) < 4.78 is 4.87. The van der Waals surface area contributed by atoms with Crippen molar-refractivity contribution in [3.05, 3.63) is 11.1 Å². The van der Waals surface area contributed by atoms with Crippen molar-refractivity contribution in [2.24, 2.45) is 5.92 Å². The largest absolute Gasteiger partial charge is 0.466 e. The lowest BCUT2D eigenvalue weighted by Crippen LogP contribution is -2.28. The Hall–Kier alpha value is -1.63. The van der Waals surface area contributed by atoms with Crippen LogP contribution in [0.5, 0.6) is 0 Å². The second-order valence-electron chi connectivity index (χ2n) is 5.00. The first kappa shape index (κ1) is 17.4. The molecule has 6 nitrogen and oxygen atoms in total. The Morgan fingerprint density at radius 1 is 1.43 bits per heavy atom. The summed E-state index contributed by atoms with van der Waals surface area (Å²) in [5, 5.41) is 8.47. The number of carbonyl (C=O) groups is 2. The molecule has 21 heavy (non-hydrogen) atoms. The van der Waals surface area contributed by atoms with Gasteiger partial charge in [0.1, 0.15) is 0 Å². The summed E-state index contributed by atoms with van der Waals surface area (Å²) in [6.07, 6.45) is 0.584. The minimum Gasteiger partial charge on any atom is -0.466 e. The fourth-order valence-electron chi connectivity index (χ4n) is 1.52. The minimum absolute atomic E-state index is 0.0273. The van der Waals surface area contributed by atoms with Gasteiger partial charge in [-0.25, -0.2) is 4.98 Å². The van der Waals surface area contributed by atoms with Gasteiger partial charge in [-0.2, -0.15) is 0 Å². The van der Waals surface area contributed by atoms with Gasteiger partial charge in [0.05, 0.1) is 18.7 Å². The van der Waals surface area contributed by atoms with Crippen molar-refractivity contribution in [1.82, 2.24) is 10.3 Å². The van der Waals surface area contributed by atoms with E-state index in [2.05, 4.69) is 29.5 Å². The van der Waals surface area contributed by atoms with Crippen LogP contribution in [-0.2, 0) is 20.7 Å². The van der Waals surface area contributed by atoms with E-state index in [1.54, 1.807) is 6.92 Å². The van der Waals surface area contributed by atoms with Crippen LogP contribution in [0.4, 0.5) is 5.13 Å². The molecule has 0 aliphatic rings. The number of aromatic nitrogens is 1. The van der Waals surface area contributed by atoms with E-state index in [1.807, 2.05) is 5.38 Å². The number of nitrogens with one attached hydrogen (secondary N) is 2. The summed E-state index contributed by atoms with van der Waals surface area (Å²) >= 11 is 1.42. The molecule has 0 atom stereocenters. The number of anilines is 1. The minimum atomic E-state index is -0.276. The molecule has 1 amide bonds. The van der Waals surface area contributed by atoms with E-state index < -0.39 is 0 Å². The van der Waals surface area contributed by atoms with Gasteiger partial charge in [-0.3, -0.25) is 9.59 Å². The number of amides is 1. The third-order valence-electron chi connectivity index (χ3n) is 2.52. The SMILES string of the molecule is CCOC(=O)Cc1csc(NCCC(=O)NCC(C)C)n1. The lowest BCUT2D eigenvalue weighted by molar-refractivity contribution is -0.142. The number of hydrogen-bond donors (Lipinski definition) is 2. The summed E-state index contributed by atoms with van der Waals surface area (Å²) in [5.74, 6) is 0.202. The highest BCUT2D eigenvalue weighted by molar-refractivity contribution is 7.13. The Bertz CT molecular complexity index is 460. The fourth-order valence-corrected chi connectivity index (χ4v) is 2.26.